The van der Waals surface area contributed by atoms with Crippen molar-refractivity contribution in [3.8, 4) is 0 Å². The van der Waals surface area contributed by atoms with Gasteiger partial charge in [-0.15, -0.1) is 0 Å². The topological polar surface area (TPSA) is 53.4 Å². The Bertz CT molecular complexity index is 807. The van der Waals surface area contributed by atoms with Crippen LogP contribution in [-0.4, -0.2) is 21.3 Å². The Morgan fingerprint density at radius 2 is 1.79 bits per heavy atom. The summed E-state index contributed by atoms with van der Waals surface area (Å²) < 4.78 is 0. The number of hydrogen-bond acceptors (Lipinski definition) is 3. The summed E-state index contributed by atoms with van der Waals surface area (Å²) in [6.07, 6.45) is 18.7. The molecule has 1 aromatic rings. The Hall–Kier alpha value is -1.19. The third-order valence-corrected chi connectivity index (χ3v) is 10.4. The van der Waals surface area contributed by atoms with Crippen LogP contribution in [0.5, 0.6) is 0 Å². The molecule has 4 aliphatic carbocycles. The summed E-state index contributed by atoms with van der Waals surface area (Å²) in [6, 6.07) is 3.88. The quantitative estimate of drug-likeness (QED) is 0.462. The van der Waals surface area contributed by atoms with Gasteiger partial charge >= 0.3 is 0 Å². The van der Waals surface area contributed by atoms with Crippen LogP contribution in [0.2, 0.25) is 0 Å². The van der Waals surface area contributed by atoms with Crippen LogP contribution >= 0.6 is 0 Å². The van der Waals surface area contributed by atoms with Crippen molar-refractivity contribution in [3.05, 3.63) is 41.7 Å². The summed E-state index contributed by atoms with van der Waals surface area (Å²) in [6.45, 7) is 9.13. The van der Waals surface area contributed by atoms with Crippen LogP contribution in [0, 0.1) is 34.5 Å². The van der Waals surface area contributed by atoms with Gasteiger partial charge in [-0.05, 0) is 116 Å². The highest BCUT2D eigenvalue weighted by Gasteiger charge is 2.58. The first kappa shape index (κ1) is 24.9. The lowest BCUT2D eigenvalue weighted by Crippen LogP contribution is -2.50. The van der Waals surface area contributed by atoms with Gasteiger partial charge < -0.3 is 10.2 Å². The van der Waals surface area contributed by atoms with E-state index in [0.29, 0.717) is 10.8 Å². The van der Waals surface area contributed by atoms with Crippen LogP contribution in [0.4, 0.5) is 0 Å². The molecule has 8 atom stereocenters. The molecule has 0 saturated heterocycles. The first-order valence-corrected chi connectivity index (χ1v) is 13.9. The molecule has 4 aliphatic rings. The maximum atomic E-state index is 10.6. The van der Waals surface area contributed by atoms with E-state index in [9.17, 15) is 10.2 Å². The number of allylic oxidation sites excluding steroid dienone is 1. The average molecular weight is 454 g/mol. The van der Waals surface area contributed by atoms with Crippen LogP contribution in [0.1, 0.15) is 110 Å². The van der Waals surface area contributed by atoms with Crippen molar-refractivity contribution >= 4 is 0 Å². The smallest absolute Gasteiger partial charge is 0.0791 e. The van der Waals surface area contributed by atoms with Crippen LogP contribution in [0.15, 0.2) is 36.2 Å². The summed E-state index contributed by atoms with van der Waals surface area (Å²) in [5, 5.41) is 20.8. The van der Waals surface area contributed by atoms with Gasteiger partial charge in [0.25, 0.3) is 0 Å². The van der Waals surface area contributed by atoms with Crippen LogP contribution < -0.4 is 0 Å². The SMILES string of the molecule is CC.CC12CCC(O)CC1=CCC1C2CCC2(C)C(CCCC(O)c3ccncc3)CCC12. The summed E-state index contributed by atoms with van der Waals surface area (Å²) in [4.78, 5) is 4.06. The third-order valence-electron chi connectivity index (χ3n) is 10.4. The largest absolute Gasteiger partial charge is 0.393 e. The molecule has 3 saturated carbocycles. The number of aromatic nitrogens is 1. The first-order valence-electron chi connectivity index (χ1n) is 13.9. The lowest BCUT2D eigenvalue weighted by Gasteiger charge is -2.58. The van der Waals surface area contributed by atoms with Crippen LogP contribution in [0.25, 0.3) is 0 Å². The minimum Gasteiger partial charge on any atom is -0.393 e. The predicted octanol–water partition coefficient (Wildman–Crippen LogP) is 7.25. The molecule has 33 heavy (non-hydrogen) atoms. The lowest BCUT2D eigenvalue weighted by molar-refractivity contribution is -0.0511. The van der Waals surface area contributed by atoms with Gasteiger partial charge in [-0.25, -0.2) is 0 Å². The van der Waals surface area contributed by atoms with Gasteiger partial charge in [0.05, 0.1) is 12.2 Å². The fourth-order valence-corrected chi connectivity index (χ4v) is 8.53. The Morgan fingerprint density at radius 1 is 1.03 bits per heavy atom. The molecule has 0 aromatic carbocycles. The summed E-state index contributed by atoms with van der Waals surface area (Å²) in [5.74, 6) is 3.35. The number of pyridine rings is 1. The van der Waals surface area contributed by atoms with Crippen molar-refractivity contribution in [1.82, 2.24) is 4.98 Å². The van der Waals surface area contributed by atoms with Gasteiger partial charge in [-0.2, -0.15) is 0 Å². The highest BCUT2D eigenvalue weighted by molar-refractivity contribution is 5.25. The molecule has 0 radical (unpaired) electrons. The Morgan fingerprint density at radius 3 is 2.55 bits per heavy atom. The standard InChI is InChI=1S/C28H41NO2.C2H6/c1-27-15-11-25-23(8-6-21-18-22(30)10-14-28(21,25)2)24(27)9-7-20(27)4-3-5-26(31)19-12-16-29-17-13-19;1-2/h6,12-13,16-17,20,22-26,30-31H,3-5,7-11,14-15,18H2,1-2H3;1-2H3. The summed E-state index contributed by atoms with van der Waals surface area (Å²) >= 11 is 0. The molecular weight excluding hydrogens is 406 g/mol. The van der Waals surface area contributed by atoms with Gasteiger partial charge in [0.2, 0.25) is 0 Å². The van der Waals surface area contributed by atoms with Crippen molar-refractivity contribution < 1.29 is 10.2 Å². The van der Waals surface area contributed by atoms with Crippen LogP contribution in [-0.2, 0) is 0 Å². The Balaban J connectivity index is 0.00000126. The molecule has 3 heteroatoms. The number of aliphatic hydroxyl groups excluding tert-OH is 2. The zero-order valence-electron chi connectivity index (χ0n) is 21.5. The molecule has 0 amide bonds. The van der Waals surface area contributed by atoms with Gasteiger partial charge in [0, 0.05) is 12.4 Å². The minimum atomic E-state index is -0.354. The number of rotatable bonds is 5. The van der Waals surface area contributed by atoms with Crippen molar-refractivity contribution in [2.45, 2.75) is 111 Å². The predicted molar refractivity (Wildman–Crippen MR) is 136 cm³/mol. The number of hydrogen-bond donors (Lipinski definition) is 2. The fourth-order valence-electron chi connectivity index (χ4n) is 8.53. The van der Waals surface area contributed by atoms with E-state index in [1.165, 1.54) is 44.9 Å². The molecule has 184 valence electrons. The molecule has 1 heterocycles. The van der Waals surface area contributed by atoms with E-state index < -0.39 is 0 Å². The first-order chi connectivity index (χ1) is 15.9. The molecule has 0 spiro atoms. The highest BCUT2D eigenvalue weighted by Crippen LogP contribution is 2.66. The third kappa shape index (κ3) is 4.57. The van der Waals surface area contributed by atoms with Gasteiger partial charge in [0.1, 0.15) is 0 Å². The zero-order chi connectivity index (χ0) is 23.6. The molecule has 3 nitrogen and oxygen atoms in total. The number of fused-ring (bicyclic) bond motifs is 5. The second kappa shape index (κ2) is 10.2. The van der Waals surface area contributed by atoms with E-state index in [1.807, 2.05) is 26.0 Å². The number of nitrogens with zero attached hydrogens (tertiary/aromatic N) is 1. The monoisotopic (exact) mass is 453 g/mol. The van der Waals surface area contributed by atoms with Crippen LogP contribution in [0.3, 0.4) is 0 Å². The molecular formula is C30H47NO2. The second-order valence-electron chi connectivity index (χ2n) is 11.7. The minimum absolute atomic E-state index is 0.108. The number of aliphatic hydroxyl groups is 2. The molecule has 8 unspecified atom stereocenters. The molecule has 2 N–H and O–H groups in total. The molecule has 5 rings (SSSR count). The highest BCUT2D eigenvalue weighted by atomic mass is 16.3. The normalized spacial score (nSPS) is 40.4. The summed E-state index contributed by atoms with van der Waals surface area (Å²) in [7, 11) is 0. The second-order valence-corrected chi connectivity index (χ2v) is 11.7. The Labute approximate surface area is 202 Å². The average Bonchev–Trinajstić information content (AvgIpc) is 3.17. The maximum Gasteiger partial charge on any atom is 0.0791 e. The van der Waals surface area contributed by atoms with E-state index in [4.69, 9.17) is 0 Å². The fraction of sp³-hybridized carbons (Fsp3) is 0.767. The molecule has 0 aliphatic heterocycles. The van der Waals surface area contributed by atoms with E-state index in [0.717, 1.165) is 54.9 Å². The molecule has 3 fully saturated rings. The van der Waals surface area contributed by atoms with Gasteiger partial charge in [-0.1, -0.05) is 45.8 Å². The maximum absolute atomic E-state index is 10.6. The van der Waals surface area contributed by atoms with Crippen molar-refractivity contribution in [2.75, 3.05) is 0 Å². The summed E-state index contributed by atoms with van der Waals surface area (Å²) in [5.41, 5.74) is 3.41. The van der Waals surface area contributed by atoms with E-state index in [2.05, 4.69) is 24.9 Å². The lowest BCUT2D eigenvalue weighted by atomic mass is 9.47. The Kier molecular flexibility index (Phi) is 7.70. The van der Waals surface area contributed by atoms with Gasteiger partial charge in [-0.3, -0.25) is 4.98 Å². The van der Waals surface area contributed by atoms with Crippen molar-refractivity contribution in [3.63, 3.8) is 0 Å². The molecule has 0 bridgehead atoms. The van der Waals surface area contributed by atoms with E-state index in [-0.39, 0.29) is 12.2 Å². The van der Waals surface area contributed by atoms with Crippen molar-refractivity contribution in [1.29, 1.82) is 0 Å². The van der Waals surface area contributed by atoms with E-state index >= 15 is 0 Å². The van der Waals surface area contributed by atoms with E-state index in [1.54, 1.807) is 18.0 Å². The van der Waals surface area contributed by atoms with Crippen molar-refractivity contribution in [2.24, 2.45) is 34.5 Å². The zero-order valence-corrected chi connectivity index (χ0v) is 21.5. The van der Waals surface area contributed by atoms with Gasteiger partial charge in [0.15, 0.2) is 0 Å². The molecule has 1 aromatic heterocycles.